The van der Waals surface area contributed by atoms with Crippen molar-refractivity contribution in [2.24, 2.45) is 0 Å². The largest absolute Gasteiger partial charge is 0.362 e. The van der Waals surface area contributed by atoms with E-state index in [1.54, 1.807) is 4.90 Å². The Bertz CT molecular complexity index is 989. The molecule has 0 bridgehead atoms. The van der Waals surface area contributed by atoms with Crippen molar-refractivity contribution in [1.29, 1.82) is 0 Å². The lowest BCUT2D eigenvalue weighted by molar-refractivity contribution is -0.0391. The SMILES string of the molecule is CCC(N1Cc2ccc(-c3cccc4c3C=CCC4C)cc2C1=O)C1(O)CO1. The van der Waals surface area contributed by atoms with Crippen molar-refractivity contribution in [2.75, 3.05) is 6.61 Å². The van der Waals surface area contributed by atoms with E-state index in [4.69, 9.17) is 4.74 Å². The van der Waals surface area contributed by atoms with Crippen LogP contribution in [-0.2, 0) is 11.3 Å². The number of benzene rings is 2. The molecule has 1 aliphatic carbocycles. The Balaban J connectivity index is 1.52. The number of allylic oxidation sites excluding steroid dienone is 1. The Labute approximate surface area is 165 Å². The number of rotatable bonds is 4. The van der Waals surface area contributed by atoms with Crippen LogP contribution >= 0.6 is 0 Å². The molecule has 2 heterocycles. The van der Waals surface area contributed by atoms with Crippen LogP contribution in [0.3, 0.4) is 0 Å². The fourth-order valence-electron chi connectivity index (χ4n) is 4.76. The average Bonchev–Trinajstić information content (AvgIpc) is 3.37. The second-order valence-corrected chi connectivity index (χ2v) is 8.21. The van der Waals surface area contributed by atoms with E-state index in [0.29, 0.717) is 25.5 Å². The maximum absolute atomic E-state index is 13.1. The number of epoxide rings is 1. The van der Waals surface area contributed by atoms with Crippen molar-refractivity contribution in [3.05, 3.63) is 64.7 Å². The van der Waals surface area contributed by atoms with Crippen LogP contribution in [0.1, 0.15) is 59.7 Å². The third kappa shape index (κ3) is 2.63. The van der Waals surface area contributed by atoms with Gasteiger partial charge < -0.3 is 14.7 Å². The second kappa shape index (κ2) is 6.29. The lowest BCUT2D eigenvalue weighted by Crippen LogP contribution is -2.45. The molecular weight excluding hydrogens is 350 g/mol. The predicted octanol–water partition coefficient (Wildman–Crippen LogP) is 4.33. The minimum atomic E-state index is -1.17. The molecule has 1 saturated heterocycles. The van der Waals surface area contributed by atoms with E-state index in [1.807, 2.05) is 13.0 Å². The first-order valence-electron chi connectivity index (χ1n) is 10.1. The van der Waals surface area contributed by atoms with E-state index >= 15 is 0 Å². The second-order valence-electron chi connectivity index (χ2n) is 8.21. The monoisotopic (exact) mass is 375 g/mol. The van der Waals surface area contributed by atoms with Crippen LogP contribution in [0.5, 0.6) is 0 Å². The number of carbonyl (C=O) groups is 1. The van der Waals surface area contributed by atoms with Gasteiger partial charge in [-0.3, -0.25) is 4.79 Å². The third-order valence-corrected chi connectivity index (χ3v) is 6.42. The number of nitrogens with zero attached hydrogens (tertiary/aromatic N) is 1. The Morgan fingerprint density at radius 1 is 1.29 bits per heavy atom. The van der Waals surface area contributed by atoms with Gasteiger partial charge in [-0.1, -0.05) is 56.3 Å². The van der Waals surface area contributed by atoms with Crippen molar-refractivity contribution in [2.45, 2.75) is 51.0 Å². The normalized spacial score (nSPS) is 26.2. The quantitative estimate of drug-likeness (QED) is 0.810. The number of ether oxygens (including phenoxy) is 1. The first-order valence-corrected chi connectivity index (χ1v) is 10.1. The van der Waals surface area contributed by atoms with E-state index in [1.165, 1.54) is 16.7 Å². The van der Waals surface area contributed by atoms with Crippen molar-refractivity contribution in [1.82, 2.24) is 4.90 Å². The van der Waals surface area contributed by atoms with Gasteiger partial charge in [0.15, 0.2) is 0 Å². The van der Waals surface area contributed by atoms with Crippen molar-refractivity contribution < 1.29 is 14.6 Å². The third-order valence-electron chi connectivity index (χ3n) is 6.42. The highest BCUT2D eigenvalue weighted by Crippen LogP contribution is 2.40. The van der Waals surface area contributed by atoms with Crippen molar-refractivity contribution in [3.63, 3.8) is 0 Å². The number of aliphatic hydroxyl groups is 1. The summed E-state index contributed by atoms with van der Waals surface area (Å²) in [5.74, 6) is -0.674. The summed E-state index contributed by atoms with van der Waals surface area (Å²) in [6.45, 7) is 5.07. The molecule has 0 saturated carbocycles. The maximum Gasteiger partial charge on any atom is 0.254 e. The number of carbonyl (C=O) groups excluding carboxylic acids is 1. The fourth-order valence-corrected chi connectivity index (χ4v) is 4.76. The van der Waals surface area contributed by atoms with Gasteiger partial charge in [-0.15, -0.1) is 0 Å². The molecular formula is C24H25NO3. The van der Waals surface area contributed by atoms with E-state index < -0.39 is 5.79 Å². The van der Waals surface area contributed by atoms with Crippen LogP contribution in [0.2, 0.25) is 0 Å². The summed E-state index contributed by atoms with van der Waals surface area (Å²) in [6.07, 6.45) is 6.17. The van der Waals surface area contributed by atoms with Crippen LogP contribution in [-0.4, -0.2) is 34.3 Å². The molecule has 2 aromatic rings. The standard InChI is InChI=1S/C24H25NO3/c1-3-22(24(27)14-28-24)25-13-17-11-10-16(12-21(17)23(25)26)19-8-5-7-18-15(2)6-4-9-20(18)19/h4-5,7-12,15,22,27H,3,6,13-14H2,1-2H3. The predicted molar refractivity (Wildman–Crippen MR) is 109 cm³/mol. The van der Waals surface area contributed by atoms with Crippen molar-refractivity contribution >= 4 is 12.0 Å². The van der Waals surface area contributed by atoms with Gasteiger partial charge in [-0.25, -0.2) is 0 Å². The molecule has 5 rings (SSSR count). The minimum Gasteiger partial charge on any atom is -0.362 e. The molecule has 0 radical (unpaired) electrons. The summed E-state index contributed by atoms with van der Waals surface area (Å²) in [4.78, 5) is 14.9. The Morgan fingerprint density at radius 3 is 2.86 bits per heavy atom. The molecule has 2 aromatic carbocycles. The van der Waals surface area contributed by atoms with Gasteiger partial charge in [-0.05, 0) is 52.6 Å². The Kier molecular flexibility index (Phi) is 3.97. The zero-order chi connectivity index (χ0) is 19.5. The summed E-state index contributed by atoms with van der Waals surface area (Å²) in [6, 6.07) is 12.3. The van der Waals surface area contributed by atoms with Crippen molar-refractivity contribution in [3.8, 4) is 11.1 Å². The van der Waals surface area contributed by atoms with E-state index in [0.717, 1.165) is 23.1 Å². The van der Waals surface area contributed by atoms with Gasteiger partial charge in [0, 0.05) is 12.1 Å². The highest BCUT2D eigenvalue weighted by atomic mass is 16.7. The first-order chi connectivity index (χ1) is 13.5. The number of amides is 1. The molecule has 144 valence electrons. The zero-order valence-corrected chi connectivity index (χ0v) is 16.3. The molecule has 1 amide bonds. The Hall–Kier alpha value is -2.43. The van der Waals surface area contributed by atoms with E-state index in [2.05, 4.69) is 49.4 Å². The highest BCUT2D eigenvalue weighted by molar-refractivity contribution is 6.00. The number of hydrogen-bond donors (Lipinski definition) is 1. The van der Waals surface area contributed by atoms with E-state index in [9.17, 15) is 9.90 Å². The molecule has 4 nitrogen and oxygen atoms in total. The van der Waals surface area contributed by atoms with Gasteiger partial charge in [0.1, 0.15) is 6.61 Å². The summed E-state index contributed by atoms with van der Waals surface area (Å²) in [5.41, 5.74) is 6.63. The Morgan fingerprint density at radius 2 is 2.11 bits per heavy atom. The summed E-state index contributed by atoms with van der Waals surface area (Å²) < 4.78 is 5.23. The summed E-state index contributed by atoms with van der Waals surface area (Å²) in [5, 5.41) is 10.4. The molecule has 0 spiro atoms. The van der Waals surface area contributed by atoms with E-state index in [-0.39, 0.29) is 11.9 Å². The van der Waals surface area contributed by atoms with Crippen LogP contribution in [0.25, 0.3) is 17.2 Å². The number of hydrogen-bond acceptors (Lipinski definition) is 3. The van der Waals surface area contributed by atoms with Gasteiger partial charge in [0.2, 0.25) is 5.79 Å². The molecule has 3 unspecified atom stereocenters. The van der Waals surface area contributed by atoms with Gasteiger partial charge in [0.25, 0.3) is 5.91 Å². The van der Waals surface area contributed by atoms with Gasteiger partial charge in [0.05, 0.1) is 6.04 Å². The molecule has 0 aromatic heterocycles. The smallest absolute Gasteiger partial charge is 0.254 e. The first kappa shape index (κ1) is 17.7. The topological polar surface area (TPSA) is 53.1 Å². The summed E-state index contributed by atoms with van der Waals surface area (Å²) >= 11 is 0. The molecule has 3 aliphatic rings. The van der Waals surface area contributed by atoms with Crippen LogP contribution in [0.4, 0.5) is 0 Å². The van der Waals surface area contributed by atoms with Gasteiger partial charge in [-0.2, -0.15) is 0 Å². The highest BCUT2D eigenvalue weighted by Gasteiger charge is 2.54. The molecule has 2 aliphatic heterocycles. The van der Waals surface area contributed by atoms with Gasteiger partial charge >= 0.3 is 0 Å². The summed E-state index contributed by atoms with van der Waals surface area (Å²) in [7, 11) is 0. The lowest BCUT2D eigenvalue weighted by atomic mass is 9.84. The fraction of sp³-hybridized carbons (Fsp3) is 0.375. The van der Waals surface area contributed by atoms with Crippen LogP contribution < -0.4 is 0 Å². The van der Waals surface area contributed by atoms with Crippen LogP contribution in [0.15, 0.2) is 42.5 Å². The molecule has 3 atom stereocenters. The number of fused-ring (bicyclic) bond motifs is 2. The van der Waals surface area contributed by atoms with Crippen LogP contribution in [0, 0.1) is 0 Å². The zero-order valence-electron chi connectivity index (χ0n) is 16.3. The molecule has 1 fully saturated rings. The maximum atomic E-state index is 13.1. The molecule has 28 heavy (non-hydrogen) atoms. The minimum absolute atomic E-state index is 0.0127. The molecule has 4 heteroatoms. The lowest BCUT2D eigenvalue weighted by Gasteiger charge is -2.28. The average molecular weight is 375 g/mol. The molecule has 1 N–H and O–H groups in total.